The van der Waals surface area contributed by atoms with Gasteiger partial charge in [0.15, 0.2) is 0 Å². The van der Waals surface area contributed by atoms with Crippen molar-refractivity contribution < 1.29 is 0 Å². The van der Waals surface area contributed by atoms with E-state index in [2.05, 4.69) is 12.6 Å². The minimum Gasteiger partial charge on any atom is -0.179 e. The Morgan fingerprint density at radius 2 is 2.33 bits per heavy atom. The fourth-order valence-electron chi connectivity index (χ4n) is 0.168. The summed E-state index contributed by atoms with van der Waals surface area (Å²) in [4.78, 5) is 0. The summed E-state index contributed by atoms with van der Waals surface area (Å²) >= 11 is 9.20. The summed E-state index contributed by atoms with van der Waals surface area (Å²) < 4.78 is 0. The van der Waals surface area contributed by atoms with E-state index in [9.17, 15) is 0 Å². The number of rotatable bonds is 3. The maximum Gasteiger partial charge on any atom is 0.0500 e. The third-order valence-electron chi connectivity index (χ3n) is 0.471. The van der Waals surface area contributed by atoms with Gasteiger partial charge >= 0.3 is 0 Å². The average Bonchev–Trinajstić information content (AvgIpc) is 1.61. The van der Waals surface area contributed by atoms with E-state index in [1.54, 1.807) is 5.88 Å². The first-order valence-electron chi connectivity index (χ1n) is 1.94. The largest absolute Gasteiger partial charge is 0.179 e. The summed E-state index contributed by atoms with van der Waals surface area (Å²) in [7, 11) is 0. The molecule has 0 fully saturated rings. The van der Waals surface area contributed by atoms with E-state index in [0.29, 0.717) is 0 Å². The topological polar surface area (TPSA) is 0 Å². The van der Waals surface area contributed by atoms with E-state index in [1.165, 1.54) is 0 Å². The monoisotopic (exact) mass is 123 g/mol. The highest BCUT2D eigenvalue weighted by atomic mass is 35.5. The highest BCUT2D eigenvalue weighted by molar-refractivity contribution is 7.80. The first-order valence-corrected chi connectivity index (χ1v) is 3.01. The minimum absolute atomic E-state index is 0.934. The SMILES string of the molecule is SCCC[CH]Cl. The molecule has 0 saturated carbocycles. The van der Waals surface area contributed by atoms with E-state index in [1.807, 2.05) is 0 Å². The number of hydrogen-bond acceptors (Lipinski definition) is 1. The molecule has 0 heterocycles. The van der Waals surface area contributed by atoms with Crippen molar-refractivity contribution in [1.29, 1.82) is 0 Å². The van der Waals surface area contributed by atoms with Crippen LogP contribution in [0.5, 0.6) is 0 Å². The maximum absolute atomic E-state index is 5.22. The normalized spacial score (nSPS) is 9.00. The van der Waals surface area contributed by atoms with Crippen LogP contribution < -0.4 is 0 Å². The van der Waals surface area contributed by atoms with E-state index in [4.69, 9.17) is 11.6 Å². The van der Waals surface area contributed by atoms with E-state index in [-0.39, 0.29) is 0 Å². The maximum atomic E-state index is 5.22. The molecule has 0 nitrogen and oxygen atoms in total. The van der Waals surface area contributed by atoms with Gasteiger partial charge < -0.3 is 0 Å². The van der Waals surface area contributed by atoms with Crippen LogP contribution in [-0.4, -0.2) is 5.75 Å². The van der Waals surface area contributed by atoms with Gasteiger partial charge in [-0.1, -0.05) is 0 Å². The molecule has 1 radical (unpaired) electrons. The van der Waals surface area contributed by atoms with Gasteiger partial charge in [0.05, 0.1) is 0 Å². The Hall–Kier alpha value is 0.640. The number of halogens is 1. The van der Waals surface area contributed by atoms with Crippen LogP contribution in [0.25, 0.3) is 0 Å². The van der Waals surface area contributed by atoms with Crippen molar-refractivity contribution in [1.82, 2.24) is 0 Å². The Morgan fingerprint density at radius 1 is 1.67 bits per heavy atom. The first kappa shape index (κ1) is 6.64. The highest BCUT2D eigenvalue weighted by Crippen LogP contribution is 1.96. The highest BCUT2D eigenvalue weighted by Gasteiger charge is 1.78. The van der Waals surface area contributed by atoms with Crippen LogP contribution in [0.4, 0.5) is 0 Å². The van der Waals surface area contributed by atoms with Crippen LogP contribution in [0.1, 0.15) is 12.8 Å². The summed E-state index contributed by atoms with van der Waals surface area (Å²) in [6.07, 6.45) is 2.07. The molecule has 2 heteroatoms. The second kappa shape index (κ2) is 5.64. The number of hydrogen-bond donors (Lipinski definition) is 1. The van der Waals surface area contributed by atoms with Crippen LogP contribution in [0.2, 0.25) is 0 Å². The Balaban J connectivity index is 2.34. The lowest BCUT2D eigenvalue weighted by atomic mass is 10.4. The van der Waals surface area contributed by atoms with Gasteiger partial charge in [0.25, 0.3) is 0 Å². The molecule has 0 aliphatic carbocycles. The van der Waals surface area contributed by atoms with Crippen molar-refractivity contribution in [3.8, 4) is 0 Å². The molecule has 0 saturated heterocycles. The van der Waals surface area contributed by atoms with Crippen LogP contribution in [0.3, 0.4) is 0 Å². The van der Waals surface area contributed by atoms with Gasteiger partial charge in [-0.05, 0) is 18.6 Å². The van der Waals surface area contributed by atoms with E-state index < -0.39 is 0 Å². The molecule has 0 unspecified atom stereocenters. The summed E-state index contributed by atoms with van der Waals surface area (Å²) in [6, 6.07) is 0. The molecular formula is C4H8ClS. The quantitative estimate of drug-likeness (QED) is 0.431. The Morgan fingerprint density at radius 3 is 2.50 bits per heavy atom. The second-order valence-corrected chi connectivity index (χ2v) is 1.78. The molecule has 0 atom stereocenters. The fourth-order valence-corrected chi connectivity index (χ4v) is 0.505. The van der Waals surface area contributed by atoms with E-state index >= 15 is 0 Å². The summed E-state index contributed by atoms with van der Waals surface area (Å²) in [5.41, 5.74) is 0. The fraction of sp³-hybridized carbons (Fsp3) is 0.750. The van der Waals surface area contributed by atoms with Crippen LogP contribution in [0.15, 0.2) is 0 Å². The van der Waals surface area contributed by atoms with Gasteiger partial charge in [0.1, 0.15) is 0 Å². The Bertz CT molecular complexity index is 19.5. The zero-order valence-corrected chi connectivity index (χ0v) is 5.17. The molecule has 6 heavy (non-hydrogen) atoms. The third kappa shape index (κ3) is 4.64. The van der Waals surface area contributed by atoms with Gasteiger partial charge in [-0.2, -0.15) is 12.6 Å². The molecule has 0 aliphatic rings. The smallest absolute Gasteiger partial charge is 0.0500 e. The van der Waals surface area contributed by atoms with Crippen molar-refractivity contribution in [3.05, 3.63) is 5.88 Å². The number of thiol groups is 1. The molecule has 0 aromatic heterocycles. The van der Waals surface area contributed by atoms with Crippen LogP contribution >= 0.6 is 24.2 Å². The van der Waals surface area contributed by atoms with Crippen molar-refractivity contribution in [2.45, 2.75) is 12.8 Å². The number of unbranched alkanes of at least 4 members (excludes halogenated alkanes) is 1. The molecular weight excluding hydrogens is 116 g/mol. The predicted octanol–water partition coefficient (Wildman–Crippen LogP) is 2.10. The minimum atomic E-state index is 0.934. The van der Waals surface area contributed by atoms with E-state index in [0.717, 1.165) is 18.6 Å². The van der Waals surface area contributed by atoms with Crippen molar-refractivity contribution in [3.63, 3.8) is 0 Å². The van der Waals surface area contributed by atoms with Crippen LogP contribution in [0, 0.1) is 5.88 Å². The average molecular weight is 124 g/mol. The molecule has 37 valence electrons. The molecule has 0 aromatic carbocycles. The summed E-state index contributed by atoms with van der Waals surface area (Å²) in [6.45, 7) is 0. The lowest BCUT2D eigenvalue weighted by molar-refractivity contribution is 0.958. The Kier molecular flexibility index (Phi) is 6.24. The zero-order valence-electron chi connectivity index (χ0n) is 3.52. The van der Waals surface area contributed by atoms with Crippen molar-refractivity contribution >= 4 is 24.2 Å². The zero-order chi connectivity index (χ0) is 4.83. The molecule has 0 N–H and O–H groups in total. The lowest BCUT2D eigenvalue weighted by Crippen LogP contribution is -1.70. The molecule has 0 rings (SSSR count). The van der Waals surface area contributed by atoms with Gasteiger partial charge in [-0.25, -0.2) is 0 Å². The van der Waals surface area contributed by atoms with Crippen LogP contribution in [-0.2, 0) is 0 Å². The molecule has 0 aromatic rings. The third-order valence-corrected chi connectivity index (χ3v) is 1.01. The Labute approximate surface area is 49.3 Å². The summed E-state index contributed by atoms with van der Waals surface area (Å²) in [5, 5.41) is 0. The second-order valence-electron chi connectivity index (χ2n) is 1.02. The molecule has 0 spiro atoms. The molecule has 0 amide bonds. The van der Waals surface area contributed by atoms with Crippen molar-refractivity contribution in [2.24, 2.45) is 0 Å². The molecule has 0 aliphatic heterocycles. The molecule has 0 bridgehead atoms. The standard InChI is InChI=1S/C4H8ClS/c5-3-1-2-4-6/h3,6H,1-2,4H2. The van der Waals surface area contributed by atoms with Gasteiger partial charge in [-0.3, -0.25) is 0 Å². The van der Waals surface area contributed by atoms with Gasteiger partial charge in [-0.15, -0.1) is 11.6 Å². The van der Waals surface area contributed by atoms with Gasteiger partial charge in [0.2, 0.25) is 0 Å². The predicted molar refractivity (Wildman–Crippen MR) is 33.2 cm³/mol. The first-order chi connectivity index (χ1) is 2.91. The lowest BCUT2D eigenvalue weighted by Gasteiger charge is -1.83. The summed E-state index contributed by atoms with van der Waals surface area (Å²) in [5.74, 6) is 2.57. The van der Waals surface area contributed by atoms with Crippen molar-refractivity contribution in [2.75, 3.05) is 5.75 Å². The van der Waals surface area contributed by atoms with Gasteiger partial charge in [0, 0.05) is 5.88 Å².